The first-order valence-electron chi connectivity index (χ1n) is 5.97. The third-order valence-electron chi connectivity index (χ3n) is 2.95. The second-order valence-corrected chi connectivity index (χ2v) is 4.52. The molecular formula is C13H17N3O3. The summed E-state index contributed by atoms with van der Waals surface area (Å²) in [5.41, 5.74) is 0.785. The minimum absolute atomic E-state index is 0.170. The summed E-state index contributed by atoms with van der Waals surface area (Å²) in [4.78, 5) is 23.8. The first-order valence-corrected chi connectivity index (χ1v) is 5.97. The Kier molecular flexibility index (Phi) is 3.71. The van der Waals surface area contributed by atoms with Crippen LogP contribution in [0.3, 0.4) is 0 Å². The molecule has 1 aliphatic rings. The molecule has 2 rings (SSSR count). The Labute approximate surface area is 111 Å². The molecule has 1 N–H and O–H groups in total. The second-order valence-electron chi connectivity index (χ2n) is 4.52. The van der Waals surface area contributed by atoms with E-state index in [-0.39, 0.29) is 18.2 Å². The van der Waals surface area contributed by atoms with E-state index in [0.29, 0.717) is 0 Å². The quantitative estimate of drug-likeness (QED) is 0.811. The van der Waals surface area contributed by atoms with E-state index in [4.69, 9.17) is 4.74 Å². The summed E-state index contributed by atoms with van der Waals surface area (Å²) in [5, 5.41) is 5.72. The van der Waals surface area contributed by atoms with E-state index in [1.807, 2.05) is 12.1 Å². The van der Waals surface area contributed by atoms with Gasteiger partial charge in [0.15, 0.2) is 0 Å². The zero-order valence-corrected chi connectivity index (χ0v) is 11.2. The number of nitrogens with one attached hydrogen (secondary N) is 1. The first kappa shape index (κ1) is 13.4. The topological polar surface area (TPSA) is 61.9 Å². The minimum Gasteiger partial charge on any atom is -0.497 e. The number of imide groups is 1. The summed E-state index contributed by atoms with van der Waals surface area (Å²) >= 11 is 0. The lowest BCUT2D eigenvalue weighted by atomic mass is 10.2. The fourth-order valence-corrected chi connectivity index (χ4v) is 2.04. The van der Waals surface area contributed by atoms with E-state index in [9.17, 15) is 9.59 Å². The van der Waals surface area contributed by atoms with Crippen LogP contribution in [0.2, 0.25) is 0 Å². The van der Waals surface area contributed by atoms with Crippen LogP contribution in [0, 0.1) is 0 Å². The third kappa shape index (κ3) is 2.68. The van der Waals surface area contributed by atoms with Crippen LogP contribution in [-0.4, -0.2) is 49.1 Å². The number of hydrogen-bond donors (Lipinski definition) is 1. The molecule has 6 nitrogen and oxygen atoms in total. The molecule has 2 amide bonds. The summed E-state index contributed by atoms with van der Waals surface area (Å²) in [6.07, 6.45) is 0.170. The van der Waals surface area contributed by atoms with Crippen LogP contribution in [0.15, 0.2) is 24.3 Å². The smallest absolute Gasteiger partial charge is 0.266 e. The lowest BCUT2D eigenvalue weighted by molar-refractivity contribution is -0.152. The van der Waals surface area contributed by atoms with Gasteiger partial charge in [-0.3, -0.25) is 9.59 Å². The maximum Gasteiger partial charge on any atom is 0.266 e. The van der Waals surface area contributed by atoms with Gasteiger partial charge < -0.3 is 10.1 Å². The summed E-state index contributed by atoms with van der Waals surface area (Å²) in [6, 6.07) is 6.72. The van der Waals surface area contributed by atoms with Crippen LogP contribution in [0.25, 0.3) is 0 Å². The largest absolute Gasteiger partial charge is 0.497 e. The van der Waals surface area contributed by atoms with Crippen molar-refractivity contribution in [1.29, 1.82) is 0 Å². The van der Waals surface area contributed by atoms with Gasteiger partial charge >= 0.3 is 0 Å². The summed E-state index contributed by atoms with van der Waals surface area (Å²) in [7, 11) is 4.94. The van der Waals surface area contributed by atoms with Crippen molar-refractivity contribution in [2.45, 2.75) is 12.5 Å². The molecule has 1 atom stereocenters. The molecular weight excluding hydrogens is 246 g/mol. The Hall–Kier alpha value is -2.08. The van der Waals surface area contributed by atoms with E-state index in [1.165, 1.54) is 5.01 Å². The van der Waals surface area contributed by atoms with Gasteiger partial charge in [-0.25, -0.2) is 10.0 Å². The maximum atomic E-state index is 12.1. The molecule has 6 heteroatoms. The van der Waals surface area contributed by atoms with Gasteiger partial charge in [0.05, 0.1) is 13.5 Å². The predicted molar refractivity (Wildman–Crippen MR) is 70.6 cm³/mol. The van der Waals surface area contributed by atoms with E-state index >= 15 is 0 Å². The average Bonchev–Trinajstić information content (AvgIpc) is 2.65. The number of nitrogens with zero attached hydrogens (tertiary/aromatic N) is 2. The highest BCUT2D eigenvalue weighted by Gasteiger charge is 2.39. The zero-order valence-electron chi connectivity index (χ0n) is 11.2. The third-order valence-corrected chi connectivity index (χ3v) is 2.95. The molecule has 0 aromatic heterocycles. The number of hydrogen-bond acceptors (Lipinski definition) is 5. The fraction of sp³-hybridized carbons (Fsp3) is 0.385. The monoisotopic (exact) mass is 263 g/mol. The summed E-state index contributed by atoms with van der Waals surface area (Å²) < 4.78 is 5.06. The molecule has 0 spiro atoms. The summed E-state index contributed by atoms with van der Waals surface area (Å²) in [6.45, 7) is 0. The van der Waals surface area contributed by atoms with E-state index < -0.39 is 6.04 Å². The lowest BCUT2D eigenvalue weighted by Crippen LogP contribution is -2.43. The van der Waals surface area contributed by atoms with Crippen molar-refractivity contribution in [3.05, 3.63) is 24.3 Å². The Morgan fingerprint density at radius 1 is 1.26 bits per heavy atom. The molecule has 0 bridgehead atoms. The van der Waals surface area contributed by atoms with Crippen LogP contribution >= 0.6 is 0 Å². The molecule has 0 saturated carbocycles. The van der Waals surface area contributed by atoms with Crippen LogP contribution in [-0.2, 0) is 9.59 Å². The van der Waals surface area contributed by atoms with Crippen molar-refractivity contribution in [3.63, 3.8) is 0 Å². The molecule has 19 heavy (non-hydrogen) atoms. The SMILES string of the molecule is COc1ccc(N[C@@H]2CC(=O)N(N(C)C)C2=O)cc1. The highest BCUT2D eigenvalue weighted by Crippen LogP contribution is 2.21. The Balaban J connectivity index is 2.07. The van der Waals surface area contributed by atoms with Crippen LogP contribution in [0.1, 0.15) is 6.42 Å². The normalized spacial score (nSPS) is 19.2. The number of carbonyl (C=O) groups is 2. The molecule has 1 aromatic rings. The number of amides is 2. The number of anilines is 1. The molecule has 1 aromatic carbocycles. The number of benzene rings is 1. The molecule has 0 unspecified atom stereocenters. The number of ether oxygens (including phenoxy) is 1. The zero-order chi connectivity index (χ0) is 14.0. The van der Waals surface area contributed by atoms with Gasteiger partial charge in [0.2, 0.25) is 5.91 Å². The fourth-order valence-electron chi connectivity index (χ4n) is 2.04. The Morgan fingerprint density at radius 3 is 2.37 bits per heavy atom. The molecule has 1 aliphatic heterocycles. The van der Waals surface area contributed by atoms with Gasteiger partial charge in [0.1, 0.15) is 11.8 Å². The second kappa shape index (κ2) is 5.27. The van der Waals surface area contributed by atoms with Crippen LogP contribution < -0.4 is 10.1 Å². The van der Waals surface area contributed by atoms with Crippen molar-refractivity contribution in [2.75, 3.05) is 26.5 Å². The summed E-state index contributed by atoms with van der Waals surface area (Å²) in [5.74, 6) is 0.320. The Bertz CT molecular complexity index is 484. The molecule has 102 valence electrons. The van der Waals surface area contributed by atoms with Crippen LogP contribution in [0.5, 0.6) is 5.75 Å². The minimum atomic E-state index is -0.511. The number of methoxy groups -OCH3 is 1. The van der Waals surface area contributed by atoms with Gasteiger partial charge in [0, 0.05) is 19.8 Å². The van der Waals surface area contributed by atoms with Gasteiger partial charge in [0.25, 0.3) is 5.91 Å². The average molecular weight is 263 g/mol. The molecule has 0 radical (unpaired) electrons. The van der Waals surface area contributed by atoms with Crippen molar-refractivity contribution in [1.82, 2.24) is 10.0 Å². The van der Waals surface area contributed by atoms with Crippen molar-refractivity contribution < 1.29 is 14.3 Å². The van der Waals surface area contributed by atoms with E-state index in [0.717, 1.165) is 16.4 Å². The molecule has 1 fully saturated rings. The number of hydrazine groups is 1. The lowest BCUT2D eigenvalue weighted by Gasteiger charge is -2.22. The van der Waals surface area contributed by atoms with E-state index in [2.05, 4.69) is 5.32 Å². The van der Waals surface area contributed by atoms with E-state index in [1.54, 1.807) is 33.3 Å². The highest BCUT2D eigenvalue weighted by atomic mass is 16.5. The predicted octanol–water partition coefficient (Wildman–Crippen LogP) is 0.711. The number of rotatable bonds is 4. The van der Waals surface area contributed by atoms with Crippen molar-refractivity contribution in [3.8, 4) is 5.75 Å². The van der Waals surface area contributed by atoms with Gasteiger partial charge in [-0.15, -0.1) is 0 Å². The van der Waals surface area contributed by atoms with Crippen LogP contribution in [0.4, 0.5) is 5.69 Å². The van der Waals surface area contributed by atoms with Gasteiger partial charge in [-0.1, -0.05) is 0 Å². The molecule has 0 aliphatic carbocycles. The van der Waals surface area contributed by atoms with Crippen molar-refractivity contribution in [2.24, 2.45) is 0 Å². The maximum absolute atomic E-state index is 12.1. The first-order chi connectivity index (χ1) is 9.02. The van der Waals surface area contributed by atoms with Crippen molar-refractivity contribution >= 4 is 17.5 Å². The Morgan fingerprint density at radius 2 is 1.89 bits per heavy atom. The van der Waals surface area contributed by atoms with Gasteiger partial charge in [-0.05, 0) is 24.3 Å². The van der Waals surface area contributed by atoms with Gasteiger partial charge in [-0.2, -0.15) is 0 Å². The highest BCUT2D eigenvalue weighted by molar-refractivity contribution is 6.06. The molecule has 1 saturated heterocycles. The number of carbonyl (C=O) groups excluding carboxylic acids is 2. The molecule has 1 heterocycles. The standard InChI is InChI=1S/C13H17N3O3/c1-15(2)16-12(17)8-11(13(16)18)14-9-4-6-10(19-3)7-5-9/h4-7,11,14H,8H2,1-3H3/t11-/m1/s1.